The Kier molecular flexibility index (Phi) is 3.82. The van der Waals surface area contributed by atoms with Gasteiger partial charge in [-0.2, -0.15) is 0 Å². The van der Waals surface area contributed by atoms with Gasteiger partial charge in [0.1, 0.15) is 5.01 Å². The summed E-state index contributed by atoms with van der Waals surface area (Å²) in [6, 6.07) is 13.7. The summed E-state index contributed by atoms with van der Waals surface area (Å²) in [5.74, 6) is 0. The van der Waals surface area contributed by atoms with Crippen LogP contribution in [0.5, 0.6) is 0 Å². The number of aromatic nitrogens is 1. The van der Waals surface area contributed by atoms with Crippen LogP contribution in [0.25, 0.3) is 9.88 Å². The van der Waals surface area contributed by atoms with Gasteiger partial charge in [0, 0.05) is 18.0 Å². The molecule has 4 rings (SSSR count). The quantitative estimate of drug-likeness (QED) is 0.703. The maximum atomic E-state index is 4.80. The van der Waals surface area contributed by atoms with E-state index in [2.05, 4.69) is 59.1 Å². The van der Waals surface area contributed by atoms with E-state index in [1.807, 2.05) is 0 Å². The maximum Gasteiger partial charge on any atom is 0.133 e. The lowest BCUT2D eigenvalue weighted by Crippen LogP contribution is -2.31. The molecule has 2 nitrogen and oxygen atoms in total. The molecule has 0 spiro atoms. The SMILES string of the molecule is CN(Cc1csc(-c2cccs2)n1)C1Cc2ccccc2C1. The van der Waals surface area contributed by atoms with Crippen molar-refractivity contribution in [3.8, 4) is 9.88 Å². The van der Waals surface area contributed by atoms with Gasteiger partial charge in [0.25, 0.3) is 0 Å². The first-order valence-electron chi connectivity index (χ1n) is 7.55. The van der Waals surface area contributed by atoms with Gasteiger partial charge in [-0.15, -0.1) is 22.7 Å². The third-order valence-corrected chi connectivity index (χ3v) is 6.28. The highest BCUT2D eigenvalue weighted by atomic mass is 32.1. The summed E-state index contributed by atoms with van der Waals surface area (Å²) in [4.78, 5) is 8.52. The number of thiazole rings is 1. The summed E-state index contributed by atoms with van der Waals surface area (Å²) >= 11 is 3.51. The average molecular weight is 326 g/mol. The van der Waals surface area contributed by atoms with Gasteiger partial charge < -0.3 is 0 Å². The summed E-state index contributed by atoms with van der Waals surface area (Å²) in [6.45, 7) is 0.931. The number of likely N-dealkylation sites (N-methyl/N-ethyl adjacent to an activating group) is 1. The van der Waals surface area contributed by atoms with Crippen LogP contribution in [0.2, 0.25) is 0 Å². The molecule has 2 heterocycles. The number of hydrogen-bond donors (Lipinski definition) is 0. The highest BCUT2D eigenvalue weighted by molar-refractivity contribution is 7.20. The van der Waals surface area contributed by atoms with Gasteiger partial charge in [-0.3, -0.25) is 4.90 Å². The third-order valence-electron chi connectivity index (χ3n) is 4.35. The zero-order valence-corrected chi connectivity index (χ0v) is 14.2. The van der Waals surface area contributed by atoms with Crippen molar-refractivity contribution < 1.29 is 0 Å². The van der Waals surface area contributed by atoms with E-state index in [4.69, 9.17) is 4.98 Å². The van der Waals surface area contributed by atoms with Crippen LogP contribution in [0.15, 0.2) is 47.2 Å². The van der Waals surface area contributed by atoms with Gasteiger partial charge in [-0.1, -0.05) is 30.3 Å². The van der Waals surface area contributed by atoms with Crippen molar-refractivity contribution >= 4 is 22.7 Å². The fourth-order valence-corrected chi connectivity index (χ4v) is 4.75. The van der Waals surface area contributed by atoms with Crippen molar-refractivity contribution in [2.75, 3.05) is 7.05 Å². The van der Waals surface area contributed by atoms with Crippen LogP contribution in [0.3, 0.4) is 0 Å². The van der Waals surface area contributed by atoms with E-state index in [1.165, 1.54) is 21.7 Å². The summed E-state index contributed by atoms with van der Waals surface area (Å²) in [5, 5.41) is 5.46. The number of benzene rings is 1. The van der Waals surface area contributed by atoms with E-state index in [0.29, 0.717) is 6.04 Å². The summed E-state index contributed by atoms with van der Waals surface area (Å²) in [6.07, 6.45) is 2.32. The van der Waals surface area contributed by atoms with Gasteiger partial charge in [0.05, 0.1) is 10.6 Å². The first-order valence-corrected chi connectivity index (χ1v) is 9.31. The van der Waals surface area contributed by atoms with E-state index >= 15 is 0 Å². The highest BCUT2D eigenvalue weighted by Crippen LogP contribution is 2.29. The Morgan fingerprint density at radius 2 is 1.86 bits per heavy atom. The second kappa shape index (κ2) is 5.95. The topological polar surface area (TPSA) is 16.1 Å². The van der Waals surface area contributed by atoms with Gasteiger partial charge >= 0.3 is 0 Å². The minimum absolute atomic E-state index is 0.601. The molecule has 112 valence electrons. The molecule has 0 amide bonds. The Labute approximate surface area is 139 Å². The van der Waals surface area contributed by atoms with Crippen LogP contribution in [-0.2, 0) is 19.4 Å². The number of thiophene rings is 1. The lowest BCUT2D eigenvalue weighted by atomic mass is 10.1. The van der Waals surface area contributed by atoms with Gasteiger partial charge in [0.2, 0.25) is 0 Å². The molecule has 3 aromatic rings. The first kappa shape index (κ1) is 14.1. The lowest BCUT2D eigenvalue weighted by Gasteiger charge is -2.23. The number of hydrogen-bond acceptors (Lipinski definition) is 4. The van der Waals surface area contributed by atoms with E-state index in [-0.39, 0.29) is 0 Å². The van der Waals surface area contributed by atoms with Crippen molar-refractivity contribution in [1.82, 2.24) is 9.88 Å². The van der Waals surface area contributed by atoms with Crippen molar-refractivity contribution in [2.45, 2.75) is 25.4 Å². The molecule has 4 heteroatoms. The number of nitrogens with zero attached hydrogens (tertiary/aromatic N) is 2. The fourth-order valence-electron chi connectivity index (χ4n) is 3.12. The van der Waals surface area contributed by atoms with Crippen molar-refractivity contribution in [3.05, 3.63) is 64.0 Å². The minimum atomic E-state index is 0.601. The smallest absolute Gasteiger partial charge is 0.133 e. The van der Waals surface area contributed by atoms with Crippen molar-refractivity contribution in [2.24, 2.45) is 0 Å². The van der Waals surface area contributed by atoms with E-state index in [9.17, 15) is 0 Å². The van der Waals surface area contributed by atoms with Crippen LogP contribution >= 0.6 is 22.7 Å². The molecule has 0 N–H and O–H groups in total. The second-order valence-corrected chi connectivity index (χ2v) is 7.67. The van der Waals surface area contributed by atoms with Gasteiger partial charge in [0.15, 0.2) is 0 Å². The monoisotopic (exact) mass is 326 g/mol. The fraction of sp³-hybridized carbons (Fsp3) is 0.278. The van der Waals surface area contributed by atoms with Crippen molar-refractivity contribution in [1.29, 1.82) is 0 Å². The zero-order valence-electron chi connectivity index (χ0n) is 12.5. The molecule has 0 bridgehead atoms. The molecular weight excluding hydrogens is 308 g/mol. The third kappa shape index (κ3) is 2.74. The largest absolute Gasteiger partial charge is 0.297 e. The molecule has 1 aromatic carbocycles. The molecule has 1 aliphatic rings. The van der Waals surface area contributed by atoms with Crippen LogP contribution < -0.4 is 0 Å². The minimum Gasteiger partial charge on any atom is -0.297 e. The Morgan fingerprint density at radius 3 is 2.55 bits per heavy atom. The molecule has 1 aliphatic carbocycles. The van der Waals surface area contributed by atoms with Gasteiger partial charge in [-0.05, 0) is 42.5 Å². The van der Waals surface area contributed by atoms with Crippen LogP contribution in [0.1, 0.15) is 16.8 Å². The molecule has 0 aliphatic heterocycles. The van der Waals surface area contributed by atoms with Crippen LogP contribution in [0.4, 0.5) is 0 Å². The summed E-state index contributed by atoms with van der Waals surface area (Å²) < 4.78 is 0. The normalized spacial score (nSPS) is 14.6. The summed E-state index contributed by atoms with van der Waals surface area (Å²) in [7, 11) is 2.22. The van der Waals surface area contributed by atoms with Crippen LogP contribution in [0, 0.1) is 0 Å². The molecule has 0 radical (unpaired) electrons. The second-order valence-electron chi connectivity index (χ2n) is 5.87. The zero-order chi connectivity index (χ0) is 14.9. The average Bonchev–Trinajstić information content (AvgIpc) is 3.26. The maximum absolute atomic E-state index is 4.80. The Balaban J connectivity index is 1.44. The molecule has 0 unspecified atom stereocenters. The molecule has 0 saturated carbocycles. The molecule has 2 aromatic heterocycles. The highest BCUT2D eigenvalue weighted by Gasteiger charge is 2.24. The first-order chi connectivity index (χ1) is 10.8. The van der Waals surface area contributed by atoms with Gasteiger partial charge in [-0.25, -0.2) is 4.98 Å². The Morgan fingerprint density at radius 1 is 1.09 bits per heavy atom. The molecule has 22 heavy (non-hydrogen) atoms. The van der Waals surface area contributed by atoms with E-state index < -0.39 is 0 Å². The Bertz CT molecular complexity index is 736. The number of fused-ring (bicyclic) bond motifs is 1. The summed E-state index contributed by atoms with van der Waals surface area (Å²) in [5.41, 5.74) is 4.21. The van der Waals surface area contributed by atoms with Crippen LogP contribution in [-0.4, -0.2) is 23.0 Å². The Hall–Kier alpha value is -1.49. The van der Waals surface area contributed by atoms with E-state index in [0.717, 1.165) is 24.4 Å². The predicted molar refractivity (Wildman–Crippen MR) is 94.5 cm³/mol. The number of rotatable bonds is 4. The molecule has 0 atom stereocenters. The predicted octanol–water partition coefficient (Wildman–Crippen LogP) is 4.47. The van der Waals surface area contributed by atoms with Crippen molar-refractivity contribution in [3.63, 3.8) is 0 Å². The molecule has 0 saturated heterocycles. The van der Waals surface area contributed by atoms with E-state index in [1.54, 1.807) is 22.7 Å². The standard InChI is InChI=1S/C18H18N2S2/c1-20(16-9-13-5-2-3-6-14(13)10-16)11-15-12-22-18(19-15)17-7-4-8-21-17/h2-8,12,16H,9-11H2,1H3. The lowest BCUT2D eigenvalue weighted by molar-refractivity contribution is 0.238. The molecular formula is C18H18N2S2. The molecule has 0 fully saturated rings.